The van der Waals surface area contributed by atoms with Gasteiger partial charge in [-0.1, -0.05) is 54.6 Å². The topological polar surface area (TPSA) is 61.4 Å². The van der Waals surface area contributed by atoms with Crippen LogP contribution in [-0.2, 0) is 21.4 Å². The third kappa shape index (κ3) is 5.28. The van der Waals surface area contributed by atoms with Crippen molar-refractivity contribution in [2.45, 2.75) is 44.4 Å². The molecule has 2 N–H and O–H groups in total. The van der Waals surface area contributed by atoms with E-state index in [1.54, 1.807) is 17.2 Å². The molecule has 1 fully saturated rings. The molecule has 0 unspecified atom stereocenters. The fourth-order valence-electron chi connectivity index (χ4n) is 5.15. The molecule has 4 rings (SSSR count). The number of nitrogens with zero attached hydrogens (tertiary/aromatic N) is 1. The number of carbonyl (C=O) groups is 2. The van der Waals surface area contributed by atoms with E-state index in [-0.39, 0.29) is 17.5 Å². The Morgan fingerprint density at radius 2 is 1.72 bits per heavy atom. The van der Waals surface area contributed by atoms with Crippen LogP contribution in [0.3, 0.4) is 0 Å². The molecule has 0 atom stereocenters. The molecule has 1 spiro atoms. The summed E-state index contributed by atoms with van der Waals surface area (Å²) >= 11 is 0. The zero-order valence-electron chi connectivity index (χ0n) is 18.9. The molecule has 5 nitrogen and oxygen atoms in total. The van der Waals surface area contributed by atoms with E-state index in [1.165, 1.54) is 32.6 Å². The lowest BCUT2D eigenvalue weighted by Crippen LogP contribution is -2.42. The molecule has 0 saturated carbocycles. The Morgan fingerprint density at radius 1 is 1.00 bits per heavy atom. The van der Waals surface area contributed by atoms with Crippen molar-refractivity contribution in [1.29, 1.82) is 0 Å². The highest BCUT2D eigenvalue weighted by atomic mass is 16.2. The Balaban J connectivity index is 1.23. The number of carbonyl (C=O) groups excluding carboxylic acids is 2. The third-order valence-electron chi connectivity index (χ3n) is 6.88. The molecule has 0 aromatic heterocycles. The summed E-state index contributed by atoms with van der Waals surface area (Å²) in [7, 11) is 0. The van der Waals surface area contributed by atoms with Crippen molar-refractivity contribution < 1.29 is 9.59 Å². The second kappa shape index (κ2) is 10.1. The molecule has 2 aromatic carbocycles. The first-order chi connectivity index (χ1) is 15.6. The van der Waals surface area contributed by atoms with Crippen molar-refractivity contribution in [3.8, 4) is 0 Å². The first-order valence-electron chi connectivity index (χ1n) is 11.7. The molecule has 168 valence electrons. The average molecular weight is 432 g/mol. The molecule has 0 radical (unpaired) electrons. The van der Waals surface area contributed by atoms with Crippen LogP contribution in [0.25, 0.3) is 6.08 Å². The summed E-state index contributed by atoms with van der Waals surface area (Å²) in [4.78, 5) is 26.7. The smallest absolute Gasteiger partial charge is 0.267 e. The number of fused-ring (bicyclic) bond motifs is 2. The lowest BCUT2D eigenvalue weighted by molar-refractivity contribution is -0.122. The van der Waals surface area contributed by atoms with E-state index < -0.39 is 0 Å². The van der Waals surface area contributed by atoms with Gasteiger partial charge in [0.05, 0.1) is 0 Å². The second-order valence-corrected chi connectivity index (χ2v) is 9.04. The number of amides is 2. The summed E-state index contributed by atoms with van der Waals surface area (Å²) in [5.74, 6) is -0.498. The summed E-state index contributed by atoms with van der Waals surface area (Å²) in [6.07, 6.45) is 7.56. The zero-order chi connectivity index (χ0) is 22.4. The Bertz CT molecular complexity index is 975. The maximum Gasteiger partial charge on any atom is 0.267 e. The second-order valence-electron chi connectivity index (χ2n) is 9.04. The van der Waals surface area contributed by atoms with Crippen LogP contribution in [0, 0.1) is 0 Å². The normalized spacial score (nSPS) is 17.7. The number of benzene rings is 2. The number of nitrogens with one attached hydrogen (secondary N) is 2. The number of likely N-dealkylation sites (tertiary alicyclic amines) is 1. The molecule has 5 heteroatoms. The summed E-state index contributed by atoms with van der Waals surface area (Å²) in [5, 5.41) is 5.62. The lowest BCUT2D eigenvalue weighted by Gasteiger charge is -2.40. The van der Waals surface area contributed by atoms with Crippen molar-refractivity contribution in [2.75, 3.05) is 26.2 Å². The van der Waals surface area contributed by atoms with Crippen molar-refractivity contribution in [1.82, 2.24) is 15.5 Å². The van der Waals surface area contributed by atoms with Crippen molar-refractivity contribution in [3.63, 3.8) is 0 Å². The zero-order valence-corrected chi connectivity index (χ0v) is 18.9. The average Bonchev–Trinajstić information content (AvgIpc) is 3.16. The summed E-state index contributed by atoms with van der Waals surface area (Å²) in [5.41, 5.74) is 4.67. The van der Waals surface area contributed by atoms with E-state index in [2.05, 4.69) is 39.8 Å². The van der Waals surface area contributed by atoms with Gasteiger partial charge in [0, 0.05) is 13.5 Å². The van der Waals surface area contributed by atoms with Gasteiger partial charge in [-0.2, -0.15) is 0 Å². The maximum absolute atomic E-state index is 12.6. The van der Waals surface area contributed by atoms with Gasteiger partial charge in [0.15, 0.2) is 0 Å². The van der Waals surface area contributed by atoms with Gasteiger partial charge in [-0.3, -0.25) is 9.59 Å². The van der Waals surface area contributed by atoms with Gasteiger partial charge in [0.1, 0.15) is 5.70 Å². The van der Waals surface area contributed by atoms with Crippen LogP contribution in [0.5, 0.6) is 0 Å². The Kier molecular flexibility index (Phi) is 7.05. The highest BCUT2D eigenvalue weighted by Crippen LogP contribution is 2.46. The van der Waals surface area contributed by atoms with Gasteiger partial charge >= 0.3 is 0 Å². The quantitative estimate of drug-likeness (QED) is 0.520. The van der Waals surface area contributed by atoms with Crippen LogP contribution in [-0.4, -0.2) is 42.9 Å². The van der Waals surface area contributed by atoms with E-state index in [0.29, 0.717) is 12.0 Å². The van der Waals surface area contributed by atoms with Gasteiger partial charge in [0.25, 0.3) is 5.91 Å². The lowest BCUT2D eigenvalue weighted by atomic mass is 9.74. The minimum absolute atomic E-state index is 0.246. The highest BCUT2D eigenvalue weighted by Gasteiger charge is 2.40. The van der Waals surface area contributed by atoms with Crippen LogP contribution in [0.2, 0.25) is 0 Å². The van der Waals surface area contributed by atoms with Gasteiger partial charge in [-0.15, -0.1) is 0 Å². The molecule has 1 heterocycles. The minimum Gasteiger partial charge on any atom is -0.351 e. The van der Waals surface area contributed by atoms with Crippen molar-refractivity contribution >= 4 is 17.9 Å². The molecule has 2 aliphatic rings. The molecular formula is C27H33N3O2. The Hall–Kier alpha value is -2.92. The van der Waals surface area contributed by atoms with Gasteiger partial charge in [-0.05, 0) is 79.9 Å². The molecule has 1 saturated heterocycles. The number of rotatable bonds is 7. The van der Waals surface area contributed by atoms with Crippen LogP contribution in [0.1, 0.15) is 49.3 Å². The first-order valence-corrected chi connectivity index (χ1v) is 11.7. The van der Waals surface area contributed by atoms with Gasteiger partial charge in [-0.25, -0.2) is 0 Å². The molecule has 2 amide bonds. The molecule has 0 bridgehead atoms. The van der Waals surface area contributed by atoms with E-state index in [4.69, 9.17) is 0 Å². The Morgan fingerprint density at radius 3 is 2.47 bits per heavy atom. The largest absolute Gasteiger partial charge is 0.351 e. The highest BCUT2D eigenvalue weighted by molar-refractivity contribution is 6.00. The van der Waals surface area contributed by atoms with Crippen molar-refractivity contribution in [3.05, 3.63) is 77.0 Å². The van der Waals surface area contributed by atoms with E-state index in [9.17, 15) is 9.59 Å². The van der Waals surface area contributed by atoms with Crippen LogP contribution >= 0.6 is 0 Å². The number of hydrogen-bond donors (Lipinski definition) is 2. The summed E-state index contributed by atoms with van der Waals surface area (Å²) in [6.45, 7) is 5.23. The SMILES string of the molecule is CC(=O)N/C(=C\c1ccccc1)C(=O)NCCCN1CCC2(CCc3ccccc32)CC1. The third-order valence-corrected chi connectivity index (χ3v) is 6.88. The van der Waals surface area contributed by atoms with E-state index >= 15 is 0 Å². The monoisotopic (exact) mass is 431 g/mol. The first kappa shape index (κ1) is 22.3. The Labute approximate surface area is 190 Å². The summed E-state index contributed by atoms with van der Waals surface area (Å²) in [6, 6.07) is 18.5. The summed E-state index contributed by atoms with van der Waals surface area (Å²) < 4.78 is 0. The van der Waals surface area contributed by atoms with Gasteiger partial charge < -0.3 is 15.5 Å². The predicted octanol–water partition coefficient (Wildman–Crippen LogP) is 3.65. The molecule has 2 aromatic rings. The molecule has 32 heavy (non-hydrogen) atoms. The van der Waals surface area contributed by atoms with Crippen LogP contribution in [0.4, 0.5) is 0 Å². The van der Waals surface area contributed by atoms with Gasteiger partial charge in [0.2, 0.25) is 5.91 Å². The molecule has 1 aliphatic heterocycles. The molecule has 1 aliphatic carbocycles. The number of hydrogen-bond acceptors (Lipinski definition) is 3. The predicted molar refractivity (Wildman–Crippen MR) is 128 cm³/mol. The number of aryl methyl sites for hydroxylation is 1. The van der Waals surface area contributed by atoms with E-state index in [1.807, 2.05) is 30.3 Å². The van der Waals surface area contributed by atoms with Crippen LogP contribution < -0.4 is 10.6 Å². The van der Waals surface area contributed by atoms with Crippen molar-refractivity contribution in [2.24, 2.45) is 0 Å². The maximum atomic E-state index is 12.6. The standard InChI is InChI=1S/C27H33N3O2/c1-21(31)29-25(20-22-8-3-2-4-9-22)26(32)28-16-7-17-30-18-14-27(15-19-30)13-12-23-10-5-6-11-24(23)27/h2-6,8-11,20H,7,12-19H2,1H3,(H,28,32)(H,29,31)/b25-20-. The van der Waals surface area contributed by atoms with E-state index in [0.717, 1.165) is 31.6 Å². The minimum atomic E-state index is -0.252. The molecular weight excluding hydrogens is 398 g/mol. The van der Waals surface area contributed by atoms with Crippen LogP contribution in [0.15, 0.2) is 60.3 Å². The fraction of sp³-hybridized carbons (Fsp3) is 0.407. The number of piperidine rings is 1. The fourth-order valence-corrected chi connectivity index (χ4v) is 5.15.